The monoisotopic (exact) mass is 1210 g/mol. The number of non-ortho nitro benzene ring substituents is 2. The van der Waals surface area contributed by atoms with Gasteiger partial charge in [-0.15, -0.1) is 0 Å². The summed E-state index contributed by atoms with van der Waals surface area (Å²) >= 11 is 0. The van der Waals surface area contributed by atoms with Crippen LogP contribution >= 0.6 is 0 Å². The number of ether oxygens (including phenoxy) is 7. The van der Waals surface area contributed by atoms with Crippen LogP contribution in [0.15, 0.2) is 84.6 Å². The van der Waals surface area contributed by atoms with E-state index in [1.54, 1.807) is 39.0 Å². The molecule has 0 aromatic heterocycles. The Morgan fingerprint density at radius 3 is 1.85 bits per heavy atom. The number of aliphatic hydroxyl groups excluding tert-OH is 3. The fourth-order valence-electron chi connectivity index (χ4n) is 10.4. The van der Waals surface area contributed by atoms with Gasteiger partial charge in [0.15, 0.2) is 6.29 Å². The number of likely N-dealkylation sites (N-methyl/N-ethyl adjacent to an activating group) is 1. The third kappa shape index (κ3) is 18.6. The Morgan fingerprint density at radius 2 is 1.31 bits per heavy atom. The van der Waals surface area contributed by atoms with Crippen LogP contribution < -0.4 is 26.6 Å². The van der Waals surface area contributed by atoms with Gasteiger partial charge in [0, 0.05) is 49.8 Å². The molecule has 4 aliphatic rings. The van der Waals surface area contributed by atoms with Crippen LogP contribution in [0.5, 0.6) is 0 Å². The van der Waals surface area contributed by atoms with Gasteiger partial charge in [0.25, 0.3) is 11.4 Å². The van der Waals surface area contributed by atoms with E-state index in [1.165, 1.54) is 62.5 Å². The first-order chi connectivity index (χ1) is 40.8. The molecular formula is C58H78N8O20. The summed E-state index contributed by atoms with van der Waals surface area (Å²) in [6.45, 7) is 7.52. The summed E-state index contributed by atoms with van der Waals surface area (Å²) in [6.07, 6.45) is -10.1. The van der Waals surface area contributed by atoms with Crippen molar-refractivity contribution in [2.45, 2.75) is 165 Å². The fraction of sp³-hybridized carbons (Fsp3) is 0.569. The van der Waals surface area contributed by atoms with Crippen molar-refractivity contribution in [3.05, 3.63) is 127 Å². The molecule has 0 bridgehead atoms. The van der Waals surface area contributed by atoms with Crippen molar-refractivity contribution in [1.29, 1.82) is 0 Å². The fourth-order valence-corrected chi connectivity index (χ4v) is 10.4. The van der Waals surface area contributed by atoms with E-state index in [0.29, 0.717) is 34.9 Å². The molecule has 28 nitrogen and oxygen atoms in total. The Hall–Kier alpha value is -7.73. The number of nitro groups is 2. The number of amides is 5. The lowest BCUT2D eigenvalue weighted by atomic mass is 9.72. The molecule has 2 heterocycles. The molecule has 3 fully saturated rings. The molecule has 3 aromatic carbocycles. The van der Waals surface area contributed by atoms with Crippen LogP contribution in [-0.4, -0.2) is 171 Å². The molecule has 0 spiro atoms. The molecule has 12 atom stereocenters. The highest BCUT2D eigenvalue weighted by molar-refractivity contribution is 5.81. The number of benzene rings is 3. The number of rotatable bonds is 24. The van der Waals surface area contributed by atoms with Crippen LogP contribution in [0.1, 0.15) is 89.0 Å². The van der Waals surface area contributed by atoms with Crippen LogP contribution in [0.3, 0.4) is 0 Å². The summed E-state index contributed by atoms with van der Waals surface area (Å²) < 4.78 is 41.3. The van der Waals surface area contributed by atoms with Crippen molar-refractivity contribution in [3.63, 3.8) is 0 Å². The molecule has 2 aliphatic heterocycles. The second-order valence-electron chi connectivity index (χ2n) is 23.1. The van der Waals surface area contributed by atoms with Crippen LogP contribution in [0.4, 0.5) is 30.6 Å². The molecule has 1 unspecified atom stereocenters. The van der Waals surface area contributed by atoms with Crippen molar-refractivity contribution in [2.75, 3.05) is 33.3 Å². The third-order valence-corrected chi connectivity index (χ3v) is 15.1. The van der Waals surface area contributed by atoms with Gasteiger partial charge in [-0.3, -0.25) is 25.0 Å². The van der Waals surface area contributed by atoms with E-state index in [1.807, 2.05) is 19.1 Å². The number of nitro benzene ring substituents is 2. The number of alkyl carbamates (subject to hydrolysis) is 3. The van der Waals surface area contributed by atoms with E-state index in [4.69, 9.17) is 33.2 Å². The zero-order chi connectivity index (χ0) is 62.5. The molecule has 470 valence electrons. The van der Waals surface area contributed by atoms with Gasteiger partial charge in [-0.05, 0) is 131 Å². The summed E-state index contributed by atoms with van der Waals surface area (Å²) in [5.41, 5.74) is -0.668. The lowest BCUT2D eigenvalue weighted by Crippen LogP contribution is -2.71. The van der Waals surface area contributed by atoms with E-state index in [2.05, 4.69) is 26.6 Å². The summed E-state index contributed by atoms with van der Waals surface area (Å²) in [7, 11) is 1.30. The normalized spacial score (nSPS) is 25.8. The predicted molar refractivity (Wildman–Crippen MR) is 303 cm³/mol. The minimum atomic E-state index is -1.92. The molecule has 28 heteroatoms. The standard InChI is InChI=1S/C58H78N8O20/c1-7-33-8-12-35(13-9-33)30-82-55(73)63-42-26-43(61-51(70)44(67)24-25-60-53(71)80-29-36-14-18-38(19-15-36)65(76)77)49(85-52-47(69)50(58(5,75)32-83-52)64(6)56(74)86-57(2,3)4)46(68)45(42)48-41(23-22-40(84-48)28-59-27-34-10-11-34)62-54(72)81-31-37-16-20-39(21-17-37)66(78)79/h8-9,12-22,34,41-50,52,59,67-69,75H,7,10-11,23-32H2,1-6H3,(H,60,71)(H,61,70)(H,62,72)(H,63,73)/t41-,42+,43-,44+,45?,46+,47-,48+,49+,50-,52-,58+/m1/s1. The number of aryl methyl sites for hydroxylation is 1. The lowest BCUT2D eigenvalue weighted by molar-refractivity contribution is -0.385. The van der Waals surface area contributed by atoms with Gasteiger partial charge in [0.05, 0.1) is 47.2 Å². The van der Waals surface area contributed by atoms with Crippen molar-refractivity contribution in [2.24, 2.45) is 11.8 Å². The largest absolute Gasteiger partial charge is 0.491 e. The second kappa shape index (κ2) is 29.6. The zero-order valence-corrected chi connectivity index (χ0v) is 48.8. The molecule has 3 aromatic rings. The van der Waals surface area contributed by atoms with Crippen LogP contribution in [0.2, 0.25) is 0 Å². The number of hydrogen-bond donors (Lipinski definition) is 9. The van der Waals surface area contributed by atoms with Gasteiger partial charge < -0.3 is 85.1 Å². The maximum absolute atomic E-state index is 14.2. The quantitative estimate of drug-likeness (QED) is 0.0344. The number of aliphatic hydroxyl groups is 4. The molecule has 2 aliphatic carbocycles. The SMILES string of the molecule is CCc1ccc(COC(=O)N[C@H]2C[C@@H](NC(=O)[C@@H](O)CCNC(=O)OCc3ccc([N+](=O)[O-])cc3)[C@H](O[C@H]3OC[C@](C)(O)[C@H](N(C)C(=O)OC(C)(C)C)[C@H]3O)[C@@H](O)C2[C@H]2OC(CNCC3CC3)=CC[C@H]2NC(=O)OCc2ccc([N+](=O)[O-])cc2)cc1. The van der Waals surface area contributed by atoms with E-state index >= 15 is 0 Å². The highest BCUT2D eigenvalue weighted by atomic mass is 16.7. The van der Waals surface area contributed by atoms with Crippen LogP contribution in [0, 0.1) is 32.1 Å². The molecular weight excluding hydrogens is 1130 g/mol. The maximum atomic E-state index is 14.2. The summed E-state index contributed by atoms with van der Waals surface area (Å²) in [5.74, 6) is -1.48. The average molecular weight is 1210 g/mol. The molecule has 7 rings (SSSR count). The first-order valence-corrected chi connectivity index (χ1v) is 28.5. The van der Waals surface area contributed by atoms with Crippen molar-refractivity contribution >= 4 is 41.7 Å². The van der Waals surface area contributed by atoms with Crippen LogP contribution in [0.25, 0.3) is 0 Å². The Balaban J connectivity index is 1.19. The third-order valence-electron chi connectivity index (χ3n) is 15.1. The maximum Gasteiger partial charge on any atom is 0.410 e. The molecule has 9 N–H and O–H groups in total. The highest BCUT2D eigenvalue weighted by Gasteiger charge is 2.56. The number of nitrogens with one attached hydrogen (secondary N) is 5. The number of nitrogens with zero attached hydrogens (tertiary/aromatic N) is 3. The van der Waals surface area contributed by atoms with E-state index in [0.717, 1.165) is 29.7 Å². The second-order valence-corrected chi connectivity index (χ2v) is 23.1. The summed E-state index contributed by atoms with van der Waals surface area (Å²) in [6, 6.07) is 12.9. The van der Waals surface area contributed by atoms with Crippen molar-refractivity contribution in [3.8, 4) is 0 Å². The predicted octanol–water partition coefficient (Wildman–Crippen LogP) is 4.26. The van der Waals surface area contributed by atoms with Gasteiger partial charge in [-0.1, -0.05) is 31.2 Å². The topological polar surface area (TPSA) is 381 Å². The molecule has 1 saturated heterocycles. The first kappa shape index (κ1) is 65.8. The average Bonchev–Trinajstić information content (AvgIpc) is 0.921. The van der Waals surface area contributed by atoms with E-state index < -0.39 is 125 Å². The molecule has 2 saturated carbocycles. The van der Waals surface area contributed by atoms with Gasteiger partial charge in [0.2, 0.25) is 5.91 Å². The minimum absolute atomic E-state index is 0.0839. The molecule has 0 radical (unpaired) electrons. The lowest BCUT2D eigenvalue weighted by Gasteiger charge is -2.52. The van der Waals surface area contributed by atoms with Crippen molar-refractivity contribution < 1.29 is 87.4 Å². The molecule has 5 amide bonds. The van der Waals surface area contributed by atoms with Gasteiger partial charge in [-0.25, -0.2) is 19.2 Å². The number of carbonyl (C=O) groups excluding carboxylic acids is 5. The Bertz CT molecular complexity index is 2850. The summed E-state index contributed by atoms with van der Waals surface area (Å²) in [4.78, 5) is 90.4. The Morgan fingerprint density at radius 1 is 0.779 bits per heavy atom. The van der Waals surface area contributed by atoms with E-state index in [-0.39, 0.29) is 63.5 Å². The number of hydrogen-bond acceptors (Lipinski definition) is 21. The van der Waals surface area contributed by atoms with Crippen LogP contribution in [-0.2, 0) is 64.2 Å². The smallest absolute Gasteiger partial charge is 0.410 e. The summed E-state index contributed by atoms with van der Waals surface area (Å²) in [5, 5.41) is 84.8. The Kier molecular flexibility index (Phi) is 22.6. The Labute approximate surface area is 496 Å². The first-order valence-electron chi connectivity index (χ1n) is 28.5. The number of carbonyl (C=O) groups is 5. The van der Waals surface area contributed by atoms with E-state index in [9.17, 15) is 64.6 Å². The minimum Gasteiger partial charge on any atom is -0.491 e. The van der Waals surface area contributed by atoms with Gasteiger partial charge >= 0.3 is 24.4 Å². The zero-order valence-electron chi connectivity index (χ0n) is 48.8. The molecule has 86 heavy (non-hydrogen) atoms. The van der Waals surface area contributed by atoms with Gasteiger partial charge in [-0.2, -0.15) is 0 Å². The van der Waals surface area contributed by atoms with Gasteiger partial charge in [0.1, 0.15) is 61.2 Å². The van der Waals surface area contributed by atoms with Crippen molar-refractivity contribution in [1.82, 2.24) is 31.5 Å². The highest BCUT2D eigenvalue weighted by Crippen LogP contribution is 2.39.